The number of ether oxygens (including phenoxy) is 5. The monoisotopic (exact) mass is 619 g/mol. The molecule has 0 bridgehead atoms. The van der Waals surface area contributed by atoms with Crippen LogP contribution in [0.25, 0.3) is 11.0 Å². The van der Waals surface area contributed by atoms with Crippen LogP contribution >= 0.6 is 11.3 Å². The molecule has 1 aliphatic heterocycles. The summed E-state index contributed by atoms with van der Waals surface area (Å²) in [5, 5.41) is 3.53. The Morgan fingerprint density at radius 1 is 0.791 bits per heavy atom. The lowest BCUT2D eigenvalue weighted by atomic mass is 10.1. The summed E-state index contributed by atoms with van der Waals surface area (Å²) >= 11 is 1.59. The van der Waals surface area contributed by atoms with E-state index in [1.165, 1.54) is 0 Å². The predicted molar refractivity (Wildman–Crippen MR) is 169 cm³/mol. The molecular formula is C28H45N9O5S. The van der Waals surface area contributed by atoms with E-state index in [-0.39, 0.29) is 6.10 Å². The third-order valence-corrected chi connectivity index (χ3v) is 8.10. The second kappa shape index (κ2) is 17.4. The van der Waals surface area contributed by atoms with Gasteiger partial charge in [-0.05, 0) is 12.8 Å². The number of nitrogens with zero attached hydrogens (tertiary/aromatic N) is 8. The molecule has 3 aromatic heterocycles. The molecule has 4 heterocycles. The number of nitrogens with one attached hydrogen (secondary N) is 1. The van der Waals surface area contributed by atoms with Gasteiger partial charge in [0.1, 0.15) is 11.0 Å². The van der Waals surface area contributed by atoms with Crippen LogP contribution in [0, 0.1) is 0 Å². The number of hydrogen-bond donors (Lipinski definition) is 1. The SMILES string of the molecule is COCCN(CCOC)c1nc(N2CCC(OC)CC2)c2nc(N(CCOC)CCOC)nc(NCc3cncs3)c2n1. The molecule has 0 aliphatic carbocycles. The number of hydrogen-bond acceptors (Lipinski definition) is 15. The van der Waals surface area contributed by atoms with Crippen LogP contribution in [-0.2, 0) is 30.2 Å². The summed E-state index contributed by atoms with van der Waals surface area (Å²) in [5.74, 6) is 2.55. The smallest absolute Gasteiger partial charge is 0.228 e. The van der Waals surface area contributed by atoms with E-state index in [4.69, 9.17) is 43.6 Å². The van der Waals surface area contributed by atoms with Crippen molar-refractivity contribution >= 4 is 45.9 Å². The van der Waals surface area contributed by atoms with Gasteiger partial charge >= 0.3 is 0 Å². The number of thiazole rings is 1. The van der Waals surface area contributed by atoms with Crippen molar-refractivity contribution in [2.45, 2.75) is 25.5 Å². The molecule has 0 aromatic carbocycles. The predicted octanol–water partition coefficient (Wildman–Crippen LogP) is 2.30. The zero-order valence-corrected chi connectivity index (χ0v) is 26.8. The van der Waals surface area contributed by atoms with Crippen molar-refractivity contribution in [2.24, 2.45) is 0 Å². The van der Waals surface area contributed by atoms with Gasteiger partial charge in [0.2, 0.25) is 11.9 Å². The van der Waals surface area contributed by atoms with E-state index in [2.05, 4.69) is 25.0 Å². The summed E-state index contributed by atoms with van der Waals surface area (Å²) in [4.78, 5) is 32.1. The molecule has 1 aliphatic rings. The molecule has 0 atom stereocenters. The Kier molecular flexibility index (Phi) is 13.3. The van der Waals surface area contributed by atoms with Crippen molar-refractivity contribution in [3.8, 4) is 0 Å². The maximum Gasteiger partial charge on any atom is 0.228 e. The van der Waals surface area contributed by atoms with Gasteiger partial charge in [0.15, 0.2) is 11.6 Å². The van der Waals surface area contributed by atoms with Gasteiger partial charge < -0.3 is 43.7 Å². The molecule has 0 amide bonds. The van der Waals surface area contributed by atoms with Crippen LogP contribution in [0.15, 0.2) is 11.7 Å². The first-order valence-corrected chi connectivity index (χ1v) is 15.4. The molecular weight excluding hydrogens is 574 g/mol. The van der Waals surface area contributed by atoms with Crippen LogP contribution in [0.5, 0.6) is 0 Å². The first-order chi connectivity index (χ1) is 21.1. The van der Waals surface area contributed by atoms with Crippen molar-refractivity contribution in [3.05, 3.63) is 16.6 Å². The van der Waals surface area contributed by atoms with Gasteiger partial charge in [-0.15, -0.1) is 11.3 Å². The zero-order chi connectivity index (χ0) is 30.4. The van der Waals surface area contributed by atoms with Crippen LogP contribution in [0.1, 0.15) is 17.7 Å². The Labute approximate surface area is 257 Å². The average Bonchev–Trinajstić information content (AvgIpc) is 3.57. The van der Waals surface area contributed by atoms with E-state index in [0.717, 1.165) is 36.6 Å². The van der Waals surface area contributed by atoms with E-state index in [1.54, 1.807) is 46.9 Å². The van der Waals surface area contributed by atoms with Crippen LogP contribution in [0.2, 0.25) is 0 Å². The molecule has 0 saturated carbocycles. The van der Waals surface area contributed by atoms with Crippen molar-refractivity contribution in [1.82, 2.24) is 24.9 Å². The maximum atomic E-state index is 5.66. The first-order valence-electron chi connectivity index (χ1n) is 14.6. The van der Waals surface area contributed by atoms with Gasteiger partial charge in [0.05, 0.1) is 44.6 Å². The van der Waals surface area contributed by atoms with Crippen molar-refractivity contribution in [2.75, 3.05) is 121 Å². The minimum absolute atomic E-state index is 0.226. The molecule has 14 nitrogen and oxygen atoms in total. The summed E-state index contributed by atoms with van der Waals surface area (Å²) < 4.78 is 27.3. The molecule has 238 valence electrons. The summed E-state index contributed by atoms with van der Waals surface area (Å²) in [6.45, 7) is 6.67. The van der Waals surface area contributed by atoms with Gasteiger partial charge in [-0.1, -0.05) is 0 Å². The van der Waals surface area contributed by atoms with Crippen LogP contribution in [0.3, 0.4) is 0 Å². The van der Waals surface area contributed by atoms with Crippen molar-refractivity contribution < 1.29 is 23.7 Å². The first kappa shape index (κ1) is 33.0. The summed E-state index contributed by atoms with van der Waals surface area (Å²) in [6, 6.07) is 0. The molecule has 1 fully saturated rings. The molecule has 0 unspecified atom stereocenters. The maximum absolute atomic E-state index is 5.66. The molecule has 3 aromatic rings. The molecule has 0 spiro atoms. The highest BCUT2D eigenvalue weighted by molar-refractivity contribution is 7.09. The van der Waals surface area contributed by atoms with Crippen molar-refractivity contribution in [1.29, 1.82) is 0 Å². The number of piperidine rings is 1. The molecule has 0 radical (unpaired) electrons. The Bertz CT molecular complexity index is 1220. The number of anilines is 4. The fourth-order valence-corrected chi connectivity index (χ4v) is 5.37. The quantitative estimate of drug-likeness (QED) is 0.210. The van der Waals surface area contributed by atoms with Gasteiger partial charge in [0.25, 0.3) is 0 Å². The lowest BCUT2D eigenvalue weighted by molar-refractivity contribution is 0.0818. The second-order valence-electron chi connectivity index (χ2n) is 10.1. The molecule has 4 rings (SSSR count). The topological polar surface area (TPSA) is 132 Å². The minimum Gasteiger partial charge on any atom is -0.383 e. The van der Waals surface area contributed by atoms with Gasteiger partial charge in [-0.3, -0.25) is 4.98 Å². The highest BCUT2D eigenvalue weighted by atomic mass is 32.1. The minimum atomic E-state index is 0.226. The van der Waals surface area contributed by atoms with E-state index >= 15 is 0 Å². The molecule has 1 saturated heterocycles. The summed E-state index contributed by atoms with van der Waals surface area (Å²) in [6.07, 6.45) is 3.88. The lowest BCUT2D eigenvalue weighted by Gasteiger charge is -2.33. The highest BCUT2D eigenvalue weighted by Crippen LogP contribution is 2.33. The highest BCUT2D eigenvalue weighted by Gasteiger charge is 2.27. The van der Waals surface area contributed by atoms with Crippen molar-refractivity contribution in [3.63, 3.8) is 0 Å². The Hall–Kier alpha value is -2.95. The number of rotatable bonds is 19. The van der Waals surface area contributed by atoms with Crippen LogP contribution in [0.4, 0.5) is 23.5 Å². The summed E-state index contributed by atoms with van der Waals surface area (Å²) in [5.41, 5.74) is 3.17. The van der Waals surface area contributed by atoms with Gasteiger partial charge in [-0.2, -0.15) is 9.97 Å². The third-order valence-electron chi connectivity index (χ3n) is 7.32. The van der Waals surface area contributed by atoms with E-state index in [9.17, 15) is 0 Å². The van der Waals surface area contributed by atoms with E-state index < -0.39 is 0 Å². The zero-order valence-electron chi connectivity index (χ0n) is 26.0. The molecule has 15 heteroatoms. The Morgan fingerprint density at radius 3 is 1.86 bits per heavy atom. The number of aromatic nitrogens is 5. The average molecular weight is 620 g/mol. The van der Waals surface area contributed by atoms with E-state index in [0.29, 0.717) is 87.9 Å². The fraction of sp³-hybridized carbons (Fsp3) is 0.679. The standard InChI is InChI=1S/C28H45N9O5S/c1-38-14-10-36(11-15-39-2)27-32-24-23(25(33-27)30-19-22-18-29-20-43-22)31-28(37(12-16-40-3)13-17-41-4)34-26(24)35-8-6-21(42-5)7-9-35/h18,20-21H,6-17,19H2,1-5H3,(H,30,32,33). The van der Waals surface area contributed by atoms with E-state index in [1.807, 2.05) is 11.7 Å². The third kappa shape index (κ3) is 9.03. The lowest BCUT2D eigenvalue weighted by Crippen LogP contribution is -2.38. The molecule has 1 N–H and O–H groups in total. The Balaban J connectivity index is 1.87. The largest absolute Gasteiger partial charge is 0.383 e. The Morgan fingerprint density at radius 2 is 1.35 bits per heavy atom. The normalized spacial score (nSPS) is 14.0. The fourth-order valence-electron chi connectivity index (χ4n) is 4.84. The number of methoxy groups -OCH3 is 5. The van der Waals surface area contributed by atoms with Crippen LogP contribution < -0.4 is 20.0 Å². The summed E-state index contributed by atoms with van der Waals surface area (Å²) in [7, 11) is 8.53. The molecule has 43 heavy (non-hydrogen) atoms. The van der Waals surface area contributed by atoms with Crippen LogP contribution in [-0.4, -0.2) is 132 Å². The number of fused-ring (bicyclic) bond motifs is 1. The van der Waals surface area contributed by atoms with Gasteiger partial charge in [-0.25, -0.2) is 9.97 Å². The second-order valence-corrected chi connectivity index (χ2v) is 11.1. The van der Waals surface area contributed by atoms with Gasteiger partial charge in [0, 0.05) is 85.9 Å².